The van der Waals surface area contributed by atoms with Crippen LogP contribution in [0.4, 0.5) is 0 Å². The number of aromatic nitrogens is 3. The number of carbonyl (C=O) groups excluding carboxylic acids is 6. The Morgan fingerprint density at radius 2 is 0.966 bits per heavy atom. The summed E-state index contributed by atoms with van der Waals surface area (Å²) in [4.78, 5) is 92.6. The quantitative estimate of drug-likeness (QED) is 0.00432. The molecule has 50 heteroatoms. The van der Waals surface area contributed by atoms with Crippen molar-refractivity contribution in [3.05, 3.63) is 120 Å². The number of aryl methyl sites for hydroxylation is 2. The zero-order valence-electron chi connectivity index (χ0n) is 84.0. The molecule has 8 fully saturated rings. The SMILES string of the molecule is C#CCCCCC(=O)C1CC(C)[C@@H](O[C@@H]2OC(C)[C@@H](O)[C@H](O)C2O)[C@H](O[C@@H]2O[C@@H](CO)[C@H](O)C(O[C@@H](CC3CCCCC3)C(=O)O)C2OC(=O)c2ccccc2)C1.CC1O[C@@H](O[C@@H]2C(C)CC(C(=O)CCCCc3cn(CCC(=O)Cc4cc(S(=O)(=O)[O-])cc5cc(S(=O)(=O)[O-])c[c-]c45)nn3)C[C@H]2O[C@@H]2O[C@@H](CO)[C@H](O)C(O[C@@H](CC3CCCCC3)C(=O)[O-])C2OC(=O)c2ccccc2)C(O)[C@@H](O)[C@@H]1O.O=S(=O)=O.[Na+].[Na+].[Na+].[Na+]. The van der Waals surface area contributed by atoms with Gasteiger partial charge in [-0.3, -0.25) is 14.3 Å². The minimum Gasteiger partial charge on any atom is -0.752 e. The van der Waals surface area contributed by atoms with Crippen LogP contribution in [0.5, 0.6) is 0 Å². The maximum Gasteiger partial charge on any atom is 1.00 e. The minimum absolute atomic E-state index is 0. The molecular formula is C98H129N3Na4O40S3. The molecular weight excluding hydrogens is 2050 g/mol. The van der Waals surface area contributed by atoms with E-state index in [-0.39, 0.29) is 233 Å². The van der Waals surface area contributed by atoms with E-state index >= 15 is 0 Å². The van der Waals surface area contributed by atoms with Gasteiger partial charge in [-0.15, -0.1) is 64.6 Å². The van der Waals surface area contributed by atoms with Gasteiger partial charge in [-0.25, -0.2) is 31.2 Å². The molecule has 4 aliphatic heterocycles. The Morgan fingerprint density at radius 3 is 1.39 bits per heavy atom. The van der Waals surface area contributed by atoms with Crippen molar-refractivity contribution < 1.29 is 308 Å². The molecule has 5 heterocycles. The van der Waals surface area contributed by atoms with E-state index in [0.717, 1.165) is 88.5 Å². The van der Waals surface area contributed by atoms with Crippen molar-refractivity contribution in [2.24, 2.45) is 35.5 Å². The van der Waals surface area contributed by atoms with Crippen LogP contribution in [0, 0.1) is 53.9 Å². The number of Topliss-reactive ketones (excluding diaryl/α,β-unsaturated/α-hetero) is 3. The number of aliphatic hydroxyl groups is 10. The third-order valence-electron chi connectivity index (χ3n) is 27.9. The fraction of sp³-hybridized carbons (Fsp3) is 0.663. The number of aliphatic hydroxyl groups excluding tert-OH is 10. The number of ether oxygens (including phenoxy) is 12. The van der Waals surface area contributed by atoms with Gasteiger partial charge in [-0.1, -0.05) is 132 Å². The summed E-state index contributed by atoms with van der Waals surface area (Å²) in [5.74, 6) is -4.79. The Balaban J connectivity index is 0.000000400. The molecule has 4 saturated heterocycles. The molecule has 0 spiro atoms. The minimum atomic E-state index is -5.05. The largest absolute Gasteiger partial charge is 1.00 e. The molecule has 0 bridgehead atoms. The van der Waals surface area contributed by atoms with Gasteiger partial charge in [0.25, 0.3) is 0 Å². The van der Waals surface area contributed by atoms with Crippen molar-refractivity contribution >= 4 is 82.8 Å². The summed E-state index contributed by atoms with van der Waals surface area (Å²) in [5, 5.41) is 140. The number of carboxylic acids is 2. The zero-order chi connectivity index (χ0) is 105. The van der Waals surface area contributed by atoms with Gasteiger partial charge in [0.1, 0.15) is 101 Å². The zero-order valence-corrected chi connectivity index (χ0v) is 94.5. The number of unbranched alkanes of at least 4 members (excludes halogenated alkanes) is 3. The van der Waals surface area contributed by atoms with Gasteiger partial charge in [0, 0.05) is 55.2 Å². The number of ketones is 3. The van der Waals surface area contributed by atoms with Crippen LogP contribution < -0.4 is 123 Å². The van der Waals surface area contributed by atoms with E-state index in [0.29, 0.717) is 50.6 Å². The van der Waals surface area contributed by atoms with Crippen LogP contribution in [0.3, 0.4) is 0 Å². The summed E-state index contributed by atoms with van der Waals surface area (Å²) in [6.45, 7) is 5.08. The fourth-order valence-corrected chi connectivity index (χ4v) is 21.1. The van der Waals surface area contributed by atoms with Crippen LogP contribution in [-0.2, 0) is 131 Å². The first kappa shape index (κ1) is 130. The van der Waals surface area contributed by atoms with E-state index in [2.05, 4.69) is 22.3 Å². The van der Waals surface area contributed by atoms with E-state index in [1.54, 1.807) is 49.5 Å². The maximum atomic E-state index is 14.2. The summed E-state index contributed by atoms with van der Waals surface area (Å²) in [6.07, 6.45) is -18.0. The second kappa shape index (κ2) is 61.9. The average molecular weight is 2180 g/mol. The molecule has 798 valence electrons. The number of esters is 2. The van der Waals surface area contributed by atoms with E-state index in [4.69, 9.17) is 75.9 Å². The molecule has 4 saturated carbocycles. The van der Waals surface area contributed by atoms with Crippen LogP contribution in [0.2, 0.25) is 0 Å². The van der Waals surface area contributed by atoms with Crippen molar-refractivity contribution in [2.45, 2.75) is 370 Å². The van der Waals surface area contributed by atoms with Gasteiger partial charge in [0.2, 0.25) is 0 Å². The molecule has 5 aromatic rings. The van der Waals surface area contributed by atoms with Gasteiger partial charge in [-0.05, 0) is 144 Å². The third-order valence-corrected chi connectivity index (χ3v) is 29.5. The summed E-state index contributed by atoms with van der Waals surface area (Å²) in [6, 6.07) is 22.1. The number of hydrogen-bond acceptors (Lipinski definition) is 41. The molecule has 0 amide bonds. The molecule has 12 unspecified atom stereocenters. The standard InChI is InChI=1S/C56H72N3O22S2.C42H60O15.4Na.O3S/c1-30-21-36(42(62)16-10-9-15-37-28-59(58-57-37)20-19-38(61)23-34-25-40(83(73,74)75)26-35-24-39(82(70,71)72)17-18-41(34)35)27-43(50(30)81-55-49(66)48(65)46(63)31(2)76-55)78-56-52(80-54(69)33-13-7-4-8-14-33)51(47(64)45(29-60)79-56)77-44(53(67)68)22-32-11-5-3-6-12-32;1-4-5-6-13-18-28(44)27-19-23(2)36(57-41-35(48)34(47)32(45)24(3)52-41)29(21-27)54-42-38(56-40(51)26-16-11-8-12-17-26)37(33(46)31(22-43)55-42)53-30(39(49)50)20-25-14-9-7-10-15-25;;;;;1-4(2)3/h4,7-8,13-14,17,24-26,28,30-32,36,43-52,55-56,60,63-66H,3,5-6,9-12,15-16,19-23,27,29H2,1-2H3,(H,67,68)(H,70,71,72)(H,73,74,75);1,8,11-12,16-17,23-25,27,29-38,41-43,45-48H,5-7,9-10,13-15,18-22H2,2-3H3,(H,49,50);;;;;/q-1;;4*+1;/p-3/t30?,31?,36?,43-,44+,45+,46-,47+,48+,49?,50-,51?,52?,55+,56-;23?,24?,27?,29-,30+,31+,32-,33+,34+,35?,36-,37?,38?,41+,42-;;;;;/m11...../s1. The van der Waals surface area contributed by atoms with Gasteiger partial charge in [0.05, 0.1) is 88.8 Å². The predicted octanol–water partition coefficient (Wildman–Crippen LogP) is -9.54. The number of benzene rings is 4. The van der Waals surface area contributed by atoms with Crippen molar-refractivity contribution in [2.75, 3.05) is 13.2 Å². The number of carbonyl (C=O) groups is 7. The predicted molar refractivity (Wildman–Crippen MR) is 492 cm³/mol. The van der Waals surface area contributed by atoms with Gasteiger partial charge in [0.15, 0.2) is 43.5 Å². The van der Waals surface area contributed by atoms with Gasteiger partial charge in [-0.2, -0.15) is 0 Å². The Labute approximate surface area is 948 Å². The summed E-state index contributed by atoms with van der Waals surface area (Å²) in [5.41, 5.74) is 0.848. The normalized spacial score (nSPS) is 30.9. The summed E-state index contributed by atoms with van der Waals surface area (Å²) >= 11 is 0. The molecule has 1 aromatic heterocycles. The Bertz CT molecular complexity index is 5470. The number of hydrogen-bond donors (Lipinski definition) is 11. The van der Waals surface area contributed by atoms with Crippen molar-refractivity contribution in [1.29, 1.82) is 0 Å². The molecule has 0 radical (unpaired) electrons. The average Bonchev–Trinajstić information content (AvgIpc) is 0.832. The van der Waals surface area contributed by atoms with Crippen molar-refractivity contribution in [3.63, 3.8) is 0 Å². The Morgan fingerprint density at radius 1 is 0.534 bits per heavy atom. The first-order chi connectivity index (χ1) is 68.4. The number of terminal acetylenes is 1. The van der Waals surface area contributed by atoms with Crippen LogP contribution in [0.1, 0.15) is 214 Å². The van der Waals surface area contributed by atoms with E-state index in [9.17, 15) is 121 Å². The first-order valence-electron chi connectivity index (χ1n) is 48.7. The van der Waals surface area contributed by atoms with Gasteiger partial charge >= 0.3 is 147 Å². The number of aliphatic carboxylic acids is 2. The van der Waals surface area contributed by atoms with E-state index in [1.807, 2.05) is 6.92 Å². The first-order valence-corrected chi connectivity index (χ1v) is 52.5. The summed E-state index contributed by atoms with van der Waals surface area (Å²) < 4.78 is 172. The molecule has 43 nitrogen and oxygen atoms in total. The van der Waals surface area contributed by atoms with Crippen LogP contribution in [-0.4, -0.2) is 324 Å². The van der Waals surface area contributed by atoms with Crippen molar-refractivity contribution in [3.8, 4) is 12.3 Å². The number of fused-ring (bicyclic) bond motifs is 1. The topological polar surface area (TPSA) is 672 Å². The second-order valence-electron chi connectivity index (χ2n) is 38.4. The number of carboxylic acid groups (broad SMARTS) is 2. The third kappa shape index (κ3) is 36.7. The van der Waals surface area contributed by atoms with Gasteiger partial charge < -0.3 is 137 Å². The molecule has 4 aromatic carbocycles. The number of rotatable bonds is 42. The molecule has 148 heavy (non-hydrogen) atoms. The van der Waals surface area contributed by atoms with Crippen LogP contribution >= 0.6 is 0 Å². The van der Waals surface area contributed by atoms with Crippen LogP contribution in [0.15, 0.2) is 101 Å². The summed E-state index contributed by atoms with van der Waals surface area (Å²) in [7, 11) is -13.1. The monoisotopic (exact) mass is 2180 g/mol. The second-order valence-corrected chi connectivity index (χ2v) is 41.6. The fourth-order valence-electron chi connectivity index (χ4n) is 20.1. The molecule has 4 aliphatic carbocycles. The molecule has 30 atom stereocenters. The Hall–Kier alpha value is -4.63. The molecule has 13 rings (SSSR count). The van der Waals surface area contributed by atoms with Crippen LogP contribution in [0.25, 0.3) is 10.8 Å². The van der Waals surface area contributed by atoms with E-state index < -0.39 is 267 Å². The number of nitrogens with zero attached hydrogens (tertiary/aromatic N) is 3. The van der Waals surface area contributed by atoms with Crippen molar-refractivity contribution in [1.82, 2.24) is 15.0 Å². The smallest absolute Gasteiger partial charge is 0.752 e. The molecule has 8 aliphatic rings. The Kier molecular flexibility index (Phi) is 54.5. The molecule has 11 N–H and O–H groups in total. The maximum absolute atomic E-state index is 14.2. The van der Waals surface area contributed by atoms with E-state index in [1.165, 1.54) is 42.8 Å².